The highest BCUT2D eigenvalue weighted by molar-refractivity contribution is 5.92. The van der Waals surface area contributed by atoms with Gasteiger partial charge < -0.3 is 25.3 Å². The summed E-state index contributed by atoms with van der Waals surface area (Å²) < 4.78 is 19.9. The maximum Gasteiger partial charge on any atom is 0.333 e. The Balaban J connectivity index is 1.16. The van der Waals surface area contributed by atoms with Crippen molar-refractivity contribution in [1.82, 2.24) is 34.7 Å². The zero-order chi connectivity index (χ0) is 30.4. The number of nitrogens with one attached hydrogen (secondary N) is 1. The fourth-order valence-corrected chi connectivity index (χ4v) is 5.28. The standard InChI is InChI=1S/C30H33FN10O2/c1-29(2,27(42)43-4)41-17-19(14-37-41)24-13-23-25(38-24)35-18-36-26(23)39-9-11-40(12-10-39)28-33-15-21(16-34-28)30(3,32)20-5-7-22(31)8-6-20/h5-8,13-18H,9-12,32H2,1-4H3,(H,35,36,38)/t30-/m0/s1. The predicted molar refractivity (Wildman–Crippen MR) is 160 cm³/mol. The summed E-state index contributed by atoms with van der Waals surface area (Å²) in [6.07, 6.45) is 8.55. The van der Waals surface area contributed by atoms with Crippen molar-refractivity contribution < 1.29 is 13.9 Å². The number of anilines is 2. The van der Waals surface area contributed by atoms with Gasteiger partial charge in [-0.3, -0.25) is 4.68 Å². The van der Waals surface area contributed by atoms with Crippen LogP contribution < -0.4 is 15.5 Å². The number of nitrogens with two attached hydrogens (primary N) is 1. The molecule has 0 unspecified atom stereocenters. The van der Waals surface area contributed by atoms with E-state index in [-0.39, 0.29) is 11.8 Å². The van der Waals surface area contributed by atoms with Gasteiger partial charge >= 0.3 is 5.97 Å². The summed E-state index contributed by atoms with van der Waals surface area (Å²) in [6, 6.07) is 8.17. The molecule has 0 amide bonds. The van der Waals surface area contributed by atoms with Crippen LogP contribution in [0.5, 0.6) is 0 Å². The van der Waals surface area contributed by atoms with E-state index in [1.165, 1.54) is 19.2 Å². The number of methoxy groups -OCH3 is 1. The highest BCUT2D eigenvalue weighted by Crippen LogP contribution is 2.31. The van der Waals surface area contributed by atoms with Crippen LogP contribution >= 0.6 is 0 Å². The number of fused-ring (bicyclic) bond motifs is 1. The molecule has 1 atom stereocenters. The first-order valence-corrected chi connectivity index (χ1v) is 13.9. The molecule has 4 aromatic heterocycles. The third-order valence-corrected chi connectivity index (χ3v) is 8.10. The molecule has 1 aliphatic rings. The molecular formula is C30H33FN10O2. The molecule has 6 rings (SSSR count). The quantitative estimate of drug-likeness (QED) is 0.274. The van der Waals surface area contributed by atoms with Gasteiger partial charge in [0.25, 0.3) is 0 Å². The van der Waals surface area contributed by atoms with E-state index in [1.54, 1.807) is 55.6 Å². The maximum atomic E-state index is 13.4. The molecule has 0 aliphatic carbocycles. The van der Waals surface area contributed by atoms with Crippen molar-refractivity contribution >= 4 is 28.8 Å². The van der Waals surface area contributed by atoms with Crippen LogP contribution in [0.1, 0.15) is 31.9 Å². The van der Waals surface area contributed by atoms with E-state index < -0.39 is 11.1 Å². The Labute approximate surface area is 247 Å². The number of hydrogen-bond donors (Lipinski definition) is 2. The molecule has 1 aromatic carbocycles. The summed E-state index contributed by atoms with van der Waals surface area (Å²) in [4.78, 5) is 38.2. The van der Waals surface area contributed by atoms with Crippen molar-refractivity contribution in [1.29, 1.82) is 0 Å². The normalized spacial score (nSPS) is 15.5. The number of aromatic nitrogens is 7. The number of halogens is 1. The Hall–Kier alpha value is -4.91. The molecule has 43 heavy (non-hydrogen) atoms. The number of piperazine rings is 1. The Morgan fingerprint density at radius 3 is 2.30 bits per heavy atom. The zero-order valence-corrected chi connectivity index (χ0v) is 24.5. The van der Waals surface area contributed by atoms with Crippen LogP contribution in [-0.2, 0) is 20.6 Å². The monoisotopic (exact) mass is 584 g/mol. The van der Waals surface area contributed by atoms with E-state index in [2.05, 4.69) is 39.8 Å². The van der Waals surface area contributed by atoms with Gasteiger partial charge in [-0.2, -0.15) is 5.10 Å². The van der Waals surface area contributed by atoms with E-state index in [1.807, 2.05) is 19.2 Å². The molecule has 5 aromatic rings. The van der Waals surface area contributed by atoms with Gasteiger partial charge in [0, 0.05) is 55.9 Å². The van der Waals surface area contributed by atoms with Crippen LogP contribution in [0.25, 0.3) is 22.3 Å². The largest absolute Gasteiger partial charge is 0.467 e. The molecule has 0 radical (unpaired) electrons. The smallest absolute Gasteiger partial charge is 0.333 e. The lowest BCUT2D eigenvalue weighted by molar-refractivity contribution is -0.150. The number of nitrogens with zero attached hydrogens (tertiary/aromatic N) is 8. The lowest BCUT2D eigenvalue weighted by Gasteiger charge is -2.35. The summed E-state index contributed by atoms with van der Waals surface area (Å²) in [5, 5.41) is 5.30. The first-order chi connectivity index (χ1) is 20.6. The van der Waals surface area contributed by atoms with Crippen LogP contribution in [0.3, 0.4) is 0 Å². The molecule has 12 nitrogen and oxygen atoms in total. The Morgan fingerprint density at radius 2 is 1.63 bits per heavy atom. The molecule has 0 saturated carbocycles. The summed E-state index contributed by atoms with van der Waals surface area (Å²) in [7, 11) is 1.36. The average Bonchev–Trinajstić information content (AvgIpc) is 3.69. The fraction of sp³-hybridized carbons (Fsp3) is 0.333. The Morgan fingerprint density at radius 1 is 0.953 bits per heavy atom. The number of carbonyl (C=O) groups excluding carboxylic acids is 1. The third kappa shape index (κ3) is 5.16. The van der Waals surface area contributed by atoms with Gasteiger partial charge in [-0.1, -0.05) is 12.1 Å². The van der Waals surface area contributed by atoms with Crippen molar-refractivity contribution in [3.05, 3.63) is 78.4 Å². The molecule has 1 fully saturated rings. The van der Waals surface area contributed by atoms with E-state index in [9.17, 15) is 9.18 Å². The summed E-state index contributed by atoms with van der Waals surface area (Å²) in [5.41, 5.74) is 8.66. The Bertz CT molecular complexity index is 1750. The fourth-order valence-electron chi connectivity index (χ4n) is 5.28. The lowest BCUT2D eigenvalue weighted by Crippen LogP contribution is -2.47. The van der Waals surface area contributed by atoms with E-state index in [0.29, 0.717) is 37.8 Å². The number of hydrogen-bond acceptors (Lipinski definition) is 10. The van der Waals surface area contributed by atoms with Gasteiger partial charge in [0.05, 0.1) is 29.9 Å². The predicted octanol–water partition coefficient (Wildman–Crippen LogP) is 3.21. The van der Waals surface area contributed by atoms with Gasteiger partial charge in [-0.15, -0.1) is 0 Å². The number of benzene rings is 1. The first kappa shape index (κ1) is 28.2. The number of carbonyl (C=O) groups is 1. The number of rotatable bonds is 7. The molecule has 222 valence electrons. The van der Waals surface area contributed by atoms with Crippen molar-refractivity contribution in [2.45, 2.75) is 31.8 Å². The second-order valence-corrected chi connectivity index (χ2v) is 11.3. The summed E-state index contributed by atoms with van der Waals surface area (Å²) in [5.74, 6) is 0.777. The molecule has 0 spiro atoms. The molecular weight excluding hydrogens is 551 g/mol. The van der Waals surface area contributed by atoms with E-state index in [4.69, 9.17) is 10.5 Å². The number of aromatic amines is 1. The van der Waals surface area contributed by atoms with E-state index in [0.717, 1.165) is 33.6 Å². The molecule has 3 N–H and O–H groups in total. The molecule has 13 heteroatoms. The van der Waals surface area contributed by atoms with Gasteiger partial charge in [-0.05, 0) is 44.5 Å². The highest BCUT2D eigenvalue weighted by Gasteiger charge is 2.32. The van der Waals surface area contributed by atoms with Gasteiger partial charge in [0.15, 0.2) is 5.54 Å². The van der Waals surface area contributed by atoms with Crippen molar-refractivity contribution in [3.8, 4) is 11.3 Å². The van der Waals surface area contributed by atoms with E-state index >= 15 is 0 Å². The second kappa shape index (κ2) is 10.7. The minimum Gasteiger partial charge on any atom is -0.467 e. The van der Waals surface area contributed by atoms with Crippen LogP contribution in [-0.4, -0.2) is 74.0 Å². The number of esters is 1. The SMILES string of the molecule is COC(=O)C(C)(C)n1cc(-c2cc3c(N4CCN(c5ncc([C@@](C)(N)c6ccc(F)cc6)cn5)CC4)ncnc3[nH]2)cn1. The van der Waals surface area contributed by atoms with Crippen molar-refractivity contribution in [2.24, 2.45) is 5.73 Å². The van der Waals surface area contributed by atoms with Gasteiger partial charge in [0.2, 0.25) is 5.95 Å². The lowest BCUT2D eigenvalue weighted by atomic mass is 9.87. The second-order valence-electron chi connectivity index (χ2n) is 11.3. The number of H-pyrrole nitrogens is 1. The van der Waals surface area contributed by atoms with Crippen LogP contribution in [0, 0.1) is 5.82 Å². The Kier molecular flexibility index (Phi) is 7.04. The number of ether oxygens (including phenoxy) is 1. The first-order valence-electron chi connectivity index (χ1n) is 13.9. The minimum absolute atomic E-state index is 0.307. The third-order valence-electron chi connectivity index (χ3n) is 8.10. The van der Waals surface area contributed by atoms with Crippen molar-refractivity contribution in [2.75, 3.05) is 43.1 Å². The molecule has 1 aliphatic heterocycles. The summed E-state index contributed by atoms with van der Waals surface area (Å²) >= 11 is 0. The van der Waals surface area contributed by atoms with Crippen LogP contribution in [0.15, 0.2) is 61.4 Å². The zero-order valence-electron chi connectivity index (χ0n) is 24.5. The molecule has 5 heterocycles. The van der Waals surface area contributed by atoms with Crippen molar-refractivity contribution in [3.63, 3.8) is 0 Å². The minimum atomic E-state index is -0.944. The van der Waals surface area contributed by atoms with Gasteiger partial charge in [0.1, 0.15) is 23.6 Å². The van der Waals surface area contributed by atoms with Gasteiger partial charge in [-0.25, -0.2) is 29.1 Å². The average molecular weight is 585 g/mol. The highest BCUT2D eigenvalue weighted by atomic mass is 19.1. The summed E-state index contributed by atoms with van der Waals surface area (Å²) in [6.45, 7) is 8.21. The van der Waals surface area contributed by atoms with Crippen LogP contribution in [0.2, 0.25) is 0 Å². The maximum absolute atomic E-state index is 13.4. The molecule has 0 bridgehead atoms. The topological polar surface area (TPSA) is 144 Å². The molecule has 1 saturated heterocycles. The van der Waals surface area contributed by atoms with Crippen LogP contribution in [0.4, 0.5) is 16.2 Å².